The van der Waals surface area contributed by atoms with Crippen LogP contribution in [0.3, 0.4) is 0 Å². The first-order chi connectivity index (χ1) is 17.4. The van der Waals surface area contributed by atoms with E-state index in [9.17, 15) is 19.2 Å². The molecule has 0 saturated carbocycles. The van der Waals surface area contributed by atoms with Crippen molar-refractivity contribution in [2.45, 2.75) is 13.5 Å². The first-order valence-electron chi connectivity index (χ1n) is 11.1. The van der Waals surface area contributed by atoms with E-state index >= 15 is 0 Å². The third-order valence-corrected chi connectivity index (χ3v) is 5.99. The number of rotatable bonds is 5. The van der Waals surface area contributed by atoms with Crippen molar-refractivity contribution in [3.05, 3.63) is 106 Å². The Kier molecular flexibility index (Phi) is 5.77. The Morgan fingerprint density at radius 2 is 1.56 bits per heavy atom. The normalized spacial score (nSPS) is 12.6. The lowest BCUT2D eigenvalue weighted by molar-refractivity contribution is 0.0471. The second-order valence-corrected chi connectivity index (χ2v) is 8.23. The second-order valence-electron chi connectivity index (χ2n) is 8.23. The number of amides is 2. The molecule has 8 heteroatoms. The number of carbonyl (C=O) groups excluding carboxylic acids is 4. The van der Waals surface area contributed by atoms with Crippen LogP contribution in [0.25, 0.3) is 10.9 Å². The van der Waals surface area contributed by atoms with E-state index in [0.29, 0.717) is 33.3 Å². The molecule has 3 aromatic carbocycles. The van der Waals surface area contributed by atoms with E-state index in [2.05, 4.69) is 9.72 Å². The zero-order valence-corrected chi connectivity index (χ0v) is 19.5. The summed E-state index contributed by atoms with van der Waals surface area (Å²) >= 11 is 0. The molecule has 0 atom stereocenters. The van der Waals surface area contributed by atoms with Gasteiger partial charge in [0, 0.05) is 5.39 Å². The van der Waals surface area contributed by atoms with Crippen LogP contribution in [0, 0.1) is 6.92 Å². The highest BCUT2D eigenvalue weighted by Gasteiger charge is 2.40. The third-order valence-electron chi connectivity index (χ3n) is 5.99. The number of fused-ring (bicyclic) bond motifs is 3. The molecule has 0 spiro atoms. The molecule has 1 aliphatic rings. The van der Waals surface area contributed by atoms with Gasteiger partial charge in [-0.25, -0.2) is 14.5 Å². The van der Waals surface area contributed by atoms with Crippen LogP contribution in [0.5, 0.6) is 0 Å². The number of para-hydroxylation sites is 1. The van der Waals surface area contributed by atoms with Gasteiger partial charge in [0.05, 0.1) is 46.3 Å². The molecule has 2 amide bonds. The van der Waals surface area contributed by atoms with Gasteiger partial charge in [0.1, 0.15) is 6.61 Å². The summed E-state index contributed by atoms with van der Waals surface area (Å²) in [6.07, 6.45) is 0. The molecule has 1 aromatic heterocycles. The Hall–Kier alpha value is -4.85. The molecule has 4 aromatic rings. The van der Waals surface area contributed by atoms with Crippen LogP contribution in [0.2, 0.25) is 0 Å². The van der Waals surface area contributed by atoms with Crippen LogP contribution in [0.1, 0.15) is 52.7 Å². The van der Waals surface area contributed by atoms with E-state index in [0.717, 1.165) is 4.90 Å². The van der Waals surface area contributed by atoms with Gasteiger partial charge in [0.2, 0.25) is 0 Å². The zero-order chi connectivity index (χ0) is 25.4. The maximum absolute atomic E-state index is 13.4. The molecule has 1 aliphatic heterocycles. The van der Waals surface area contributed by atoms with Crippen LogP contribution in [-0.2, 0) is 16.1 Å². The second kappa shape index (κ2) is 9.07. The molecule has 36 heavy (non-hydrogen) atoms. The van der Waals surface area contributed by atoms with E-state index < -0.39 is 23.8 Å². The van der Waals surface area contributed by atoms with E-state index in [1.807, 2.05) is 6.07 Å². The number of carbonyl (C=O) groups is 4. The zero-order valence-electron chi connectivity index (χ0n) is 19.5. The van der Waals surface area contributed by atoms with Gasteiger partial charge < -0.3 is 9.47 Å². The lowest BCUT2D eigenvalue weighted by Gasteiger charge is -2.15. The molecule has 0 unspecified atom stereocenters. The van der Waals surface area contributed by atoms with Gasteiger partial charge in [0.25, 0.3) is 11.8 Å². The van der Waals surface area contributed by atoms with Crippen molar-refractivity contribution in [1.82, 2.24) is 4.98 Å². The monoisotopic (exact) mass is 480 g/mol. The highest BCUT2D eigenvalue weighted by Crippen LogP contribution is 2.34. The van der Waals surface area contributed by atoms with Gasteiger partial charge in [-0.05, 0) is 48.9 Å². The molecule has 0 fully saturated rings. The summed E-state index contributed by atoms with van der Waals surface area (Å²) < 4.78 is 10.1. The summed E-state index contributed by atoms with van der Waals surface area (Å²) in [5.74, 6) is -2.02. The fourth-order valence-electron chi connectivity index (χ4n) is 4.23. The minimum atomic E-state index is -0.617. The van der Waals surface area contributed by atoms with Crippen molar-refractivity contribution >= 4 is 40.3 Å². The maximum Gasteiger partial charge on any atom is 0.338 e. The molecule has 0 saturated heterocycles. The molecule has 0 N–H and O–H groups in total. The van der Waals surface area contributed by atoms with Crippen molar-refractivity contribution in [2.75, 3.05) is 12.0 Å². The predicted molar refractivity (Wildman–Crippen MR) is 131 cm³/mol. The number of methoxy groups -OCH3 is 1. The van der Waals surface area contributed by atoms with E-state index in [4.69, 9.17) is 4.74 Å². The number of hydrogen-bond acceptors (Lipinski definition) is 7. The van der Waals surface area contributed by atoms with Crippen molar-refractivity contribution in [3.63, 3.8) is 0 Å². The molecule has 2 heterocycles. The highest BCUT2D eigenvalue weighted by atomic mass is 16.5. The van der Waals surface area contributed by atoms with Crippen molar-refractivity contribution in [2.24, 2.45) is 0 Å². The van der Waals surface area contributed by atoms with Crippen molar-refractivity contribution in [3.8, 4) is 0 Å². The average Bonchev–Trinajstić information content (AvgIpc) is 3.18. The van der Waals surface area contributed by atoms with E-state index in [-0.39, 0.29) is 23.4 Å². The quantitative estimate of drug-likeness (QED) is 0.306. The van der Waals surface area contributed by atoms with Crippen molar-refractivity contribution in [1.29, 1.82) is 0 Å². The number of imide groups is 1. The first kappa shape index (κ1) is 22.9. The fourth-order valence-corrected chi connectivity index (χ4v) is 4.23. The summed E-state index contributed by atoms with van der Waals surface area (Å²) in [4.78, 5) is 56.5. The Balaban J connectivity index is 1.38. The van der Waals surface area contributed by atoms with Crippen LogP contribution >= 0.6 is 0 Å². The van der Waals surface area contributed by atoms with Gasteiger partial charge in [-0.1, -0.05) is 36.4 Å². The molecule has 178 valence electrons. The van der Waals surface area contributed by atoms with Crippen molar-refractivity contribution < 1.29 is 28.7 Å². The SMILES string of the molecule is COC(=O)c1ccc(COC(=O)c2cccc(N3C(=O)c4c(C)nc5ccccc5c4C3=O)c2)cc1. The highest BCUT2D eigenvalue weighted by molar-refractivity contribution is 6.37. The van der Waals surface area contributed by atoms with Crippen LogP contribution < -0.4 is 4.90 Å². The molecular weight excluding hydrogens is 460 g/mol. The van der Waals surface area contributed by atoms with Crippen LogP contribution in [0.15, 0.2) is 72.8 Å². The molecule has 0 bridgehead atoms. The Morgan fingerprint density at radius 3 is 2.31 bits per heavy atom. The Morgan fingerprint density at radius 1 is 0.833 bits per heavy atom. The number of aryl methyl sites for hydroxylation is 1. The van der Waals surface area contributed by atoms with Gasteiger partial charge in [-0.2, -0.15) is 0 Å². The average molecular weight is 480 g/mol. The summed E-state index contributed by atoms with van der Waals surface area (Å²) in [5, 5.41) is 0.604. The largest absolute Gasteiger partial charge is 0.465 e. The van der Waals surface area contributed by atoms with Gasteiger partial charge in [-0.15, -0.1) is 0 Å². The Labute approximate surface area is 206 Å². The number of nitrogens with zero attached hydrogens (tertiary/aromatic N) is 2. The summed E-state index contributed by atoms with van der Waals surface area (Å²) in [6.45, 7) is 1.68. The summed E-state index contributed by atoms with van der Waals surface area (Å²) in [6, 6.07) is 19.8. The van der Waals surface area contributed by atoms with E-state index in [1.165, 1.54) is 13.2 Å². The number of hydrogen-bond donors (Lipinski definition) is 0. The minimum absolute atomic E-state index is 0.0195. The molecule has 0 radical (unpaired) electrons. The number of anilines is 1. The van der Waals surface area contributed by atoms with Gasteiger partial charge in [0.15, 0.2) is 0 Å². The summed E-state index contributed by atoms with van der Waals surface area (Å²) in [5.41, 5.74) is 3.21. The third kappa shape index (κ3) is 3.88. The number of esters is 2. The topological polar surface area (TPSA) is 103 Å². The lowest BCUT2D eigenvalue weighted by atomic mass is 10.0. The maximum atomic E-state index is 13.4. The molecular formula is C28H20N2O6. The molecule has 5 rings (SSSR count). The molecule has 8 nitrogen and oxygen atoms in total. The first-order valence-corrected chi connectivity index (χ1v) is 11.1. The number of ether oxygens (including phenoxy) is 2. The van der Waals surface area contributed by atoms with Crippen LogP contribution in [0.4, 0.5) is 5.69 Å². The van der Waals surface area contributed by atoms with Gasteiger partial charge >= 0.3 is 11.9 Å². The fraction of sp³-hybridized carbons (Fsp3) is 0.107. The van der Waals surface area contributed by atoms with E-state index in [1.54, 1.807) is 67.6 Å². The predicted octanol–water partition coefficient (Wildman–Crippen LogP) is 4.49. The summed E-state index contributed by atoms with van der Waals surface area (Å²) in [7, 11) is 1.30. The number of benzene rings is 3. The lowest BCUT2D eigenvalue weighted by Crippen LogP contribution is -2.29. The number of aromatic nitrogens is 1. The standard InChI is InChI=1S/C28H20N2O6/c1-16-23-24(21-8-3-4-9-22(21)29-16)26(32)30(25(23)31)20-7-5-6-19(14-20)28(34)36-15-17-10-12-18(13-11-17)27(33)35-2/h3-14H,15H2,1-2H3. The van der Waals surface area contributed by atoms with Gasteiger partial charge in [-0.3, -0.25) is 14.6 Å². The van der Waals surface area contributed by atoms with Crippen LogP contribution in [-0.4, -0.2) is 35.8 Å². The smallest absolute Gasteiger partial charge is 0.338 e. The number of pyridine rings is 1. The minimum Gasteiger partial charge on any atom is -0.465 e. The Bertz CT molecular complexity index is 1560. The molecule has 0 aliphatic carbocycles.